The van der Waals surface area contributed by atoms with Gasteiger partial charge in [-0.3, -0.25) is 0 Å². The van der Waals surface area contributed by atoms with Gasteiger partial charge < -0.3 is 10.1 Å². The first-order valence-corrected chi connectivity index (χ1v) is 7.70. The van der Waals surface area contributed by atoms with Crippen molar-refractivity contribution in [2.45, 2.75) is 19.4 Å². The van der Waals surface area contributed by atoms with Crippen LogP contribution in [0.15, 0.2) is 47.6 Å². The molecule has 0 fully saturated rings. The highest BCUT2D eigenvalue weighted by atomic mass is 35.5. The Morgan fingerprint density at radius 3 is 2.95 bits per heavy atom. The number of amidine groups is 1. The molecule has 1 aliphatic heterocycles. The van der Waals surface area contributed by atoms with Crippen LogP contribution in [-0.2, 0) is 11.2 Å². The highest BCUT2D eigenvalue weighted by molar-refractivity contribution is 6.30. The highest BCUT2D eigenvalue weighted by Gasteiger charge is 2.18. The first-order chi connectivity index (χ1) is 10.7. The van der Waals surface area contributed by atoms with E-state index in [0.717, 1.165) is 12.0 Å². The van der Waals surface area contributed by atoms with E-state index in [-0.39, 0.29) is 6.04 Å². The Morgan fingerprint density at radius 1 is 1.32 bits per heavy atom. The first-order valence-electron chi connectivity index (χ1n) is 7.32. The summed E-state index contributed by atoms with van der Waals surface area (Å²) in [6.45, 7) is 3.42. The van der Waals surface area contributed by atoms with E-state index in [1.807, 2.05) is 12.1 Å². The fourth-order valence-electron chi connectivity index (χ4n) is 2.50. The largest absolute Gasteiger partial charge is 0.463 e. The van der Waals surface area contributed by atoms with Gasteiger partial charge in [0.05, 0.1) is 12.6 Å². The smallest absolute Gasteiger partial charge is 0.285 e. The number of rotatable bonds is 4. The van der Waals surface area contributed by atoms with Gasteiger partial charge in [-0.15, -0.1) is 0 Å². The van der Waals surface area contributed by atoms with Crippen LogP contribution < -0.4 is 5.32 Å². The van der Waals surface area contributed by atoms with Gasteiger partial charge in [-0.25, -0.2) is 9.98 Å². The Hall–Kier alpha value is -2.07. The number of pyridine rings is 1. The predicted molar refractivity (Wildman–Crippen MR) is 88.3 cm³/mol. The summed E-state index contributed by atoms with van der Waals surface area (Å²) in [7, 11) is 0. The maximum Gasteiger partial charge on any atom is 0.285 e. The van der Waals surface area contributed by atoms with Crippen molar-refractivity contribution in [3.8, 4) is 0 Å². The number of ether oxygens (including phenoxy) is 1. The molecular weight excluding hydrogens is 298 g/mol. The maximum absolute atomic E-state index is 6.20. The third-order valence-electron chi connectivity index (χ3n) is 3.59. The standard InChI is InChI=1S/C17H18ClN3O/c1-12-4-2-5-13(10-12)15(21-17-20-8-9-22-17)11-14-6-3-7-19-16(14)18/h2-7,10,15H,8-9,11H2,1H3,(H,20,21). The topological polar surface area (TPSA) is 46.5 Å². The maximum atomic E-state index is 6.20. The molecule has 0 bridgehead atoms. The Labute approximate surface area is 135 Å². The number of benzene rings is 1. The lowest BCUT2D eigenvalue weighted by Crippen LogP contribution is -2.30. The van der Waals surface area contributed by atoms with Crippen molar-refractivity contribution < 1.29 is 4.74 Å². The van der Waals surface area contributed by atoms with Crippen LogP contribution in [0.2, 0.25) is 5.15 Å². The van der Waals surface area contributed by atoms with E-state index < -0.39 is 0 Å². The van der Waals surface area contributed by atoms with Crippen LogP contribution in [0.1, 0.15) is 22.7 Å². The van der Waals surface area contributed by atoms with Gasteiger partial charge in [0.15, 0.2) is 0 Å². The lowest BCUT2D eigenvalue weighted by atomic mass is 9.98. The monoisotopic (exact) mass is 315 g/mol. The lowest BCUT2D eigenvalue weighted by Gasteiger charge is -2.20. The summed E-state index contributed by atoms with van der Waals surface area (Å²) in [5, 5.41) is 3.91. The van der Waals surface area contributed by atoms with E-state index in [1.54, 1.807) is 6.20 Å². The fourth-order valence-corrected chi connectivity index (χ4v) is 2.70. The summed E-state index contributed by atoms with van der Waals surface area (Å²) in [6.07, 6.45) is 2.42. The number of aryl methyl sites for hydroxylation is 1. The van der Waals surface area contributed by atoms with Crippen molar-refractivity contribution in [1.29, 1.82) is 0 Å². The fraction of sp³-hybridized carbons (Fsp3) is 0.294. The number of hydrogen-bond donors (Lipinski definition) is 1. The minimum Gasteiger partial charge on any atom is -0.463 e. The van der Waals surface area contributed by atoms with Crippen molar-refractivity contribution in [2.75, 3.05) is 13.2 Å². The molecular formula is C17H18ClN3O. The SMILES string of the molecule is Cc1cccc(C(Cc2cccnc2Cl)NC2=NCCO2)c1. The Kier molecular flexibility index (Phi) is 4.59. The van der Waals surface area contributed by atoms with E-state index >= 15 is 0 Å². The number of nitrogens with one attached hydrogen (secondary N) is 1. The molecule has 0 spiro atoms. The summed E-state index contributed by atoms with van der Waals surface area (Å²) in [5.41, 5.74) is 3.40. The van der Waals surface area contributed by atoms with Gasteiger partial charge in [0, 0.05) is 6.20 Å². The normalized spacial score (nSPS) is 15.1. The third-order valence-corrected chi connectivity index (χ3v) is 3.93. The van der Waals surface area contributed by atoms with E-state index in [1.165, 1.54) is 11.1 Å². The zero-order valence-electron chi connectivity index (χ0n) is 12.4. The van der Waals surface area contributed by atoms with E-state index in [0.29, 0.717) is 24.3 Å². The molecule has 3 rings (SSSR count). The molecule has 1 atom stereocenters. The molecule has 0 amide bonds. The van der Waals surface area contributed by atoms with Gasteiger partial charge in [0.1, 0.15) is 11.8 Å². The highest BCUT2D eigenvalue weighted by Crippen LogP contribution is 2.23. The molecule has 0 saturated carbocycles. The van der Waals surface area contributed by atoms with Crippen LogP contribution in [0.5, 0.6) is 0 Å². The van der Waals surface area contributed by atoms with E-state index in [9.17, 15) is 0 Å². The summed E-state index contributed by atoms with van der Waals surface area (Å²) in [5.74, 6) is 0. The van der Waals surface area contributed by atoms with Crippen LogP contribution >= 0.6 is 11.6 Å². The van der Waals surface area contributed by atoms with Crippen molar-refractivity contribution in [3.63, 3.8) is 0 Å². The minimum atomic E-state index is 0.0402. The van der Waals surface area contributed by atoms with Crippen molar-refractivity contribution in [3.05, 3.63) is 64.4 Å². The van der Waals surface area contributed by atoms with Crippen LogP contribution in [0.25, 0.3) is 0 Å². The van der Waals surface area contributed by atoms with Crippen molar-refractivity contribution in [2.24, 2.45) is 4.99 Å². The summed E-state index contributed by atoms with van der Waals surface area (Å²) in [4.78, 5) is 8.47. The number of hydrogen-bond acceptors (Lipinski definition) is 4. The Bertz CT molecular complexity index is 687. The van der Waals surface area contributed by atoms with Gasteiger partial charge >= 0.3 is 0 Å². The van der Waals surface area contributed by atoms with Crippen LogP contribution in [0.3, 0.4) is 0 Å². The quantitative estimate of drug-likeness (QED) is 0.881. The molecule has 22 heavy (non-hydrogen) atoms. The van der Waals surface area contributed by atoms with E-state index in [2.05, 4.69) is 46.5 Å². The summed E-state index contributed by atoms with van der Waals surface area (Å²) < 4.78 is 5.49. The number of halogens is 1. The second-order valence-electron chi connectivity index (χ2n) is 5.30. The van der Waals surface area contributed by atoms with Crippen LogP contribution in [-0.4, -0.2) is 24.2 Å². The molecule has 1 aromatic heterocycles. The zero-order chi connectivity index (χ0) is 15.4. The molecule has 0 aliphatic carbocycles. The van der Waals surface area contributed by atoms with Crippen LogP contribution in [0.4, 0.5) is 0 Å². The van der Waals surface area contributed by atoms with Crippen molar-refractivity contribution in [1.82, 2.24) is 10.3 Å². The van der Waals surface area contributed by atoms with Crippen LogP contribution in [0, 0.1) is 6.92 Å². The average Bonchev–Trinajstić information content (AvgIpc) is 3.02. The lowest BCUT2D eigenvalue weighted by molar-refractivity contribution is 0.325. The van der Waals surface area contributed by atoms with Gasteiger partial charge in [0.25, 0.3) is 6.02 Å². The van der Waals surface area contributed by atoms with Gasteiger partial charge in [0.2, 0.25) is 0 Å². The minimum absolute atomic E-state index is 0.0402. The van der Waals surface area contributed by atoms with Gasteiger partial charge in [-0.05, 0) is 30.5 Å². The number of aromatic nitrogens is 1. The molecule has 1 aliphatic rings. The molecule has 1 aromatic carbocycles. The Morgan fingerprint density at radius 2 is 2.23 bits per heavy atom. The zero-order valence-corrected chi connectivity index (χ0v) is 13.2. The van der Waals surface area contributed by atoms with Gasteiger partial charge in [-0.2, -0.15) is 0 Å². The predicted octanol–water partition coefficient (Wildman–Crippen LogP) is 3.30. The van der Waals surface area contributed by atoms with E-state index in [4.69, 9.17) is 16.3 Å². The summed E-state index contributed by atoms with van der Waals surface area (Å²) >= 11 is 6.20. The third kappa shape index (κ3) is 3.57. The summed E-state index contributed by atoms with van der Waals surface area (Å²) in [6, 6.07) is 12.9. The van der Waals surface area contributed by atoms with Crippen molar-refractivity contribution >= 4 is 17.6 Å². The Balaban J connectivity index is 1.87. The molecule has 1 unspecified atom stereocenters. The molecule has 0 saturated heterocycles. The second kappa shape index (κ2) is 6.79. The number of aliphatic imine (C=N–C) groups is 1. The number of nitrogens with zero attached hydrogens (tertiary/aromatic N) is 2. The molecule has 4 nitrogen and oxygen atoms in total. The molecule has 5 heteroatoms. The second-order valence-corrected chi connectivity index (χ2v) is 5.66. The van der Waals surface area contributed by atoms with Gasteiger partial charge in [-0.1, -0.05) is 47.5 Å². The molecule has 2 heterocycles. The molecule has 2 aromatic rings. The molecule has 1 N–H and O–H groups in total. The average molecular weight is 316 g/mol. The first kappa shape index (κ1) is 14.9. The molecule has 114 valence electrons. The molecule has 0 radical (unpaired) electrons.